The highest BCUT2D eigenvalue weighted by Gasteiger charge is 2.52. The highest BCUT2D eigenvalue weighted by Crippen LogP contribution is 2.54. The molecule has 0 aliphatic carbocycles. The fraction of sp³-hybridized carbons (Fsp3) is 0.152. The Labute approximate surface area is 426 Å². The van der Waals surface area contributed by atoms with E-state index in [4.69, 9.17) is 0 Å². The molecule has 0 fully saturated rings. The van der Waals surface area contributed by atoms with Gasteiger partial charge in [0.15, 0.2) is 16.1 Å². The molecule has 4 N–H and O–H groups in total. The van der Waals surface area contributed by atoms with Crippen LogP contribution < -0.4 is 31.1 Å². The molecule has 10 aromatic carbocycles. The molecule has 0 bridgehead atoms. The van der Waals surface area contributed by atoms with E-state index < -0.39 is 16.1 Å². The second-order valence-corrected chi connectivity index (χ2v) is 31.0. The van der Waals surface area contributed by atoms with Crippen LogP contribution in [0, 0.1) is 13.8 Å². The van der Waals surface area contributed by atoms with Crippen LogP contribution in [0.15, 0.2) is 206 Å². The zero-order valence-electron chi connectivity index (χ0n) is 42.4. The molecule has 0 amide bonds. The zero-order chi connectivity index (χ0) is 50.7. The van der Waals surface area contributed by atoms with Crippen molar-refractivity contribution in [2.75, 3.05) is 0 Å². The summed E-state index contributed by atoms with van der Waals surface area (Å²) in [5.74, 6) is 0.105. The molecule has 0 aliphatic rings. The smallest absolute Gasteiger partial charge is 0.158 e. The van der Waals surface area contributed by atoms with Crippen molar-refractivity contribution in [3.8, 4) is 56.4 Å². The molecule has 0 spiro atoms. The predicted octanol–water partition coefficient (Wildman–Crippen LogP) is 13.0. The van der Waals surface area contributed by atoms with Gasteiger partial charge in [-0.2, -0.15) is 0 Å². The molecule has 0 saturated carbocycles. The number of phenols is 4. The summed E-state index contributed by atoms with van der Waals surface area (Å²) in [6, 6.07) is 70.4. The zero-order valence-corrected chi connectivity index (χ0v) is 44.4. The molecular weight excluding hydrogens is 913 g/mol. The quantitative estimate of drug-likeness (QED) is 0.0858. The van der Waals surface area contributed by atoms with Crippen LogP contribution in [0.4, 0.5) is 0 Å². The van der Waals surface area contributed by atoms with Crippen LogP contribution in [0.25, 0.3) is 54.9 Å². The highest BCUT2D eigenvalue weighted by atomic mass is 28.3. The van der Waals surface area contributed by atoms with Crippen molar-refractivity contribution >= 4 is 68.8 Å². The van der Waals surface area contributed by atoms with Crippen molar-refractivity contribution in [1.82, 2.24) is 0 Å². The first-order valence-electron chi connectivity index (χ1n) is 24.9. The molecule has 10 rings (SSSR count). The van der Waals surface area contributed by atoms with Gasteiger partial charge in [0.05, 0.1) is 0 Å². The van der Waals surface area contributed by atoms with E-state index in [1.165, 1.54) is 20.7 Å². The Morgan fingerprint density at radius 3 is 0.861 bits per heavy atom. The van der Waals surface area contributed by atoms with Crippen molar-refractivity contribution < 1.29 is 20.4 Å². The van der Waals surface area contributed by atoms with Gasteiger partial charge in [0.1, 0.15) is 23.0 Å². The summed E-state index contributed by atoms with van der Waals surface area (Å²) in [4.78, 5) is 0. The van der Waals surface area contributed by atoms with Crippen molar-refractivity contribution in [2.24, 2.45) is 0 Å². The lowest BCUT2D eigenvalue weighted by molar-refractivity contribution is 0.467. The Morgan fingerprint density at radius 1 is 0.306 bits per heavy atom. The Hall–Kier alpha value is -7.65. The van der Waals surface area contributed by atoms with E-state index in [1.807, 2.05) is 97.1 Å². The number of rotatable bonds is 9. The summed E-state index contributed by atoms with van der Waals surface area (Å²) in [5.41, 5.74) is 4.68. The maximum atomic E-state index is 13.3. The molecule has 0 aliphatic heterocycles. The van der Waals surface area contributed by atoms with E-state index in [9.17, 15) is 20.4 Å². The van der Waals surface area contributed by atoms with Gasteiger partial charge >= 0.3 is 0 Å². The summed E-state index contributed by atoms with van der Waals surface area (Å²) in [6.45, 7) is 17.8. The van der Waals surface area contributed by atoms with Crippen LogP contribution in [0.5, 0.6) is 23.0 Å². The first-order chi connectivity index (χ1) is 34.5. The lowest BCUT2D eigenvalue weighted by atomic mass is 9.86. The third-order valence-electron chi connectivity index (χ3n) is 15.3. The molecule has 0 unspecified atom stereocenters. The minimum absolute atomic E-state index is 0.0675. The molecular formula is C66H62O4Si2. The monoisotopic (exact) mass is 974 g/mol. The van der Waals surface area contributed by atoms with Gasteiger partial charge in [-0.05, 0) is 101 Å². The molecule has 6 heteroatoms. The second kappa shape index (κ2) is 18.2. The average molecular weight is 975 g/mol. The maximum Gasteiger partial charge on any atom is 0.158 e. The summed E-state index contributed by atoms with van der Waals surface area (Å²) in [7, 11) is -6.16. The molecule has 0 atom stereocenters. The van der Waals surface area contributed by atoms with Crippen molar-refractivity contribution in [1.29, 1.82) is 0 Å². The fourth-order valence-corrected chi connectivity index (χ4v) is 24.0. The van der Waals surface area contributed by atoms with E-state index in [0.717, 1.165) is 43.0 Å². The van der Waals surface area contributed by atoms with Crippen LogP contribution in [0.1, 0.15) is 52.7 Å². The number of aryl methyl sites for hydroxylation is 2. The van der Waals surface area contributed by atoms with Crippen molar-refractivity contribution in [3.05, 3.63) is 217 Å². The minimum atomic E-state index is -3.08. The Kier molecular flexibility index (Phi) is 12.1. The lowest BCUT2D eigenvalue weighted by Gasteiger charge is -2.45. The van der Waals surface area contributed by atoms with Crippen LogP contribution >= 0.6 is 0 Å². The number of benzene rings is 10. The van der Waals surface area contributed by atoms with E-state index in [1.54, 1.807) is 0 Å². The Balaban J connectivity index is 1.28. The van der Waals surface area contributed by atoms with Gasteiger partial charge in [-0.15, -0.1) is 0 Å². The third-order valence-corrected chi connectivity index (χ3v) is 26.9. The van der Waals surface area contributed by atoms with Crippen LogP contribution in [-0.2, 0) is 0 Å². The number of phenolic OH excluding ortho intramolecular Hbond substituents is 4. The number of hydrogen-bond donors (Lipinski definition) is 4. The summed E-state index contributed by atoms with van der Waals surface area (Å²) in [6.07, 6.45) is 0. The largest absolute Gasteiger partial charge is 0.507 e. The van der Waals surface area contributed by atoms with E-state index in [0.29, 0.717) is 33.4 Å². The Bertz CT molecular complexity index is 3330. The number of aromatic hydroxyl groups is 4. The van der Waals surface area contributed by atoms with Crippen LogP contribution in [-0.4, -0.2) is 36.6 Å². The van der Waals surface area contributed by atoms with Crippen LogP contribution in [0.3, 0.4) is 0 Å². The SMILES string of the molecule is Cc1cc(-c2cc3ccccc3c(-c3c(O)c(-c4cc(C)cc([Si](c5ccccc5)(c5ccccc5)C(C)(C)C)c4O)cc4ccccc34)c2O)c(O)c([Si](c2ccccc2)(c2ccccc2)C(C)(C)C)c1. The second-order valence-electron chi connectivity index (χ2n) is 21.6. The van der Waals surface area contributed by atoms with Crippen molar-refractivity contribution in [2.45, 2.75) is 65.5 Å². The first-order valence-corrected chi connectivity index (χ1v) is 28.9. The molecule has 0 aromatic heterocycles. The van der Waals surface area contributed by atoms with E-state index in [-0.39, 0.29) is 33.1 Å². The molecule has 72 heavy (non-hydrogen) atoms. The first kappa shape index (κ1) is 48.0. The Morgan fingerprint density at radius 2 is 0.569 bits per heavy atom. The molecule has 0 heterocycles. The maximum absolute atomic E-state index is 13.3. The molecule has 4 nitrogen and oxygen atoms in total. The summed E-state index contributed by atoms with van der Waals surface area (Å²) in [5, 5.41) is 61.8. The molecule has 0 saturated heterocycles. The van der Waals surface area contributed by atoms with Crippen LogP contribution in [0.2, 0.25) is 10.1 Å². The van der Waals surface area contributed by atoms with Crippen molar-refractivity contribution in [3.63, 3.8) is 0 Å². The fourth-order valence-electron chi connectivity index (χ4n) is 12.4. The van der Waals surface area contributed by atoms with Gasteiger partial charge < -0.3 is 20.4 Å². The number of hydrogen-bond acceptors (Lipinski definition) is 4. The molecule has 10 aromatic rings. The van der Waals surface area contributed by atoms with Gasteiger partial charge in [0.25, 0.3) is 0 Å². The lowest BCUT2D eigenvalue weighted by Crippen LogP contribution is -2.72. The predicted molar refractivity (Wildman–Crippen MR) is 308 cm³/mol. The van der Waals surface area contributed by atoms with Gasteiger partial charge in [-0.1, -0.05) is 235 Å². The minimum Gasteiger partial charge on any atom is -0.507 e. The van der Waals surface area contributed by atoms with Gasteiger partial charge in [0, 0.05) is 33.4 Å². The summed E-state index contributed by atoms with van der Waals surface area (Å²) >= 11 is 0. The van der Waals surface area contributed by atoms with E-state index in [2.05, 4.69) is 165 Å². The topological polar surface area (TPSA) is 80.9 Å². The average Bonchev–Trinajstić information content (AvgIpc) is 3.37. The van der Waals surface area contributed by atoms with E-state index >= 15 is 0 Å². The summed E-state index contributed by atoms with van der Waals surface area (Å²) < 4.78 is 0. The van der Waals surface area contributed by atoms with Gasteiger partial charge in [-0.25, -0.2) is 0 Å². The standard InChI is InChI=1S/C66H62O4Si2/c1-43-37-53(61(67)57(39-43)71(65(3,4)5,47-27-13-9-14-28-47)48-29-15-10-16-30-48)55-41-45-25-21-23-35-51(45)59(63(55)69)60-52-36-24-22-26-46(52)42-56(64(60)70)54-38-44(2)40-58(62(54)68)72(66(6,7)8,49-31-17-11-18-32-49)50-33-19-12-20-34-50/h9-42,67-70H,1-8H3. The normalized spacial score (nSPS) is 12.4. The highest BCUT2D eigenvalue weighted by molar-refractivity contribution is 7.14. The molecule has 358 valence electrons. The third kappa shape index (κ3) is 7.55. The van der Waals surface area contributed by atoms with Gasteiger partial charge in [-0.3, -0.25) is 0 Å². The molecule has 0 radical (unpaired) electrons. The van der Waals surface area contributed by atoms with Gasteiger partial charge in [0.2, 0.25) is 0 Å². The number of fused-ring (bicyclic) bond motifs is 2.